The number of halogens is 1. The van der Waals surface area contributed by atoms with E-state index in [1.807, 2.05) is 32.9 Å². The van der Waals surface area contributed by atoms with Gasteiger partial charge in [-0.2, -0.15) is 0 Å². The predicted octanol–water partition coefficient (Wildman–Crippen LogP) is 3.74. The lowest BCUT2D eigenvalue weighted by atomic mass is 10.00. The lowest BCUT2D eigenvalue weighted by molar-refractivity contribution is 0.773. The van der Waals surface area contributed by atoms with Crippen molar-refractivity contribution in [1.29, 1.82) is 0 Å². The van der Waals surface area contributed by atoms with E-state index in [1.165, 1.54) is 11.1 Å². The van der Waals surface area contributed by atoms with E-state index in [0.717, 1.165) is 5.02 Å². The molecule has 2 heteroatoms. The monoisotopic (exact) mass is 213 g/mol. The zero-order valence-electron chi connectivity index (χ0n) is 9.47. The average molecular weight is 214 g/mol. The molecule has 0 aliphatic rings. The average Bonchev–Trinajstić information content (AvgIpc) is 2.18. The van der Waals surface area contributed by atoms with E-state index in [2.05, 4.69) is 13.0 Å². The van der Waals surface area contributed by atoms with Crippen molar-refractivity contribution in [3.05, 3.63) is 34.3 Å². The van der Waals surface area contributed by atoms with Gasteiger partial charge < -0.3 is 5.73 Å². The van der Waals surface area contributed by atoms with Gasteiger partial charge in [0.15, 0.2) is 0 Å². The van der Waals surface area contributed by atoms with E-state index in [4.69, 9.17) is 17.3 Å². The quantitative estimate of drug-likeness (QED) is 0.796. The third-order valence-corrected chi connectivity index (χ3v) is 2.21. The fraction of sp³-hybridized carbons (Fsp3) is 0.500. The van der Waals surface area contributed by atoms with Crippen molar-refractivity contribution < 1.29 is 0 Å². The number of rotatable bonds is 2. The molecule has 0 aliphatic heterocycles. The second-order valence-electron chi connectivity index (χ2n) is 3.20. The lowest BCUT2D eigenvalue weighted by Gasteiger charge is -2.09. The number of hydrogen-bond acceptors (Lipinski definition) is 1. The molecule has 1 nitrogen and oxygen atoms in total. The fourth-order valence-corrected chi connectivity index (χ4v) is 1.48. The Kier molecular flexibility index (Phi) is 6.60. The molecular formula is C12H20ClN. The van der Waals surface area contributed by atoms with Gasteiger partial charge in [0.25, 0.3) is 0 Å². The molecule has 1 aromatic carbocycles. The van der Waals surface area contributed by atoms with Crippen LogP contribution >= 0.6 is 11.6 Å². The zero-order valence-corrected chi connectivity index (χ0v) is 10.2. The topological polar surface area (TPSA) is 26.0 Å². The highest BCUT2D eigenvalue weighted by Crippen LogP contribution is 2.20. The number of nitrogens with two attached hydrogens (primary N) is 1. The van der Waals surface area contributed by atoms with Gasteiger partial charge in [-0.3, -0.25) is 0 Å². The Morgan fingerprint density at radius 2 is 1.86 bits per heavy atom. The zero-order chi connectivity index (χ0) is 11.1. The summed E-state index contributed by atoms with van der Waals surface area (Å²) in [7, 11) is 0. The van der Waals surface area contributed by atoms with E-state index in [1.54, 1.807) is 0 Å². The molecule has 1 aromatic rings. The highest BCUT2D eigenvalue weighted by atomic mass is 35.5. The third-order valence-electron chi connectivity index (χ3n) is 1.99. The van der Waals surface area contributed by atoms with Gasteiger partial charge in [0, 0.05) is 5.02 Å². The molecule has 0 aliphatic carbocycles. The van der Waals surface area contributed by atoms with E-state index in [9.17, 15) is 0 Å². The first kappa shape index (κ1) is 13.5. The van der Waals surface area contributed by atoms with Crippen LogP contribution in [0.1, 0.15) is 37.8 Å². The predicted molar refractivity (Wildman–Crippen MR) is 65.0 cm³/mol. The molecular weight excluding hydrogens is 194 g/mol. The van der Waals surface area contributed by atoms with E-state index < -0.39 is 0 Å². The Morgan fingerprint density at radius 1 is 1.29 bits per heavy atom. The van der Waals surface area contributed by atoms with Crippen molar-refractivity contribution in [1.82, 2.24) is 0 Å². The first-order valence-corrected chi connectivity index (χ1v) is 5.48. The van der Waals surface area contributed by atoms with Crippen LogP contribution in [0.2, 0.25) is 5.02 Å². The third kappa shape index (κ3) is 4.12. The first-order chi connectivity index (χ1) is 6.63. The summed E-state index contributed by atoms with van der Waals surface area (Å²) in [6.07, 6.45) is 0. The Hall–Kier alpha value is -0.530. The summed E-state index contributed by atoms with van der Waals surface area (Å²) >= 11 is 5.91. The van der Waals surface area contributed by atoms with Gasteiger partial charge in [-0.1, -0.05) is 38.4 Å². The molecule has 14 heavy (non-hydrogen) atoms. The summed E-state index contributed by atoms with van der Waals surface area (Å²) in [5.41, 5.74) is 7.98. The highest BCUT2D eigenvalue weighted by Gasteiger charge is 2.03. The van der Waals surface area contributed by atoms with Gasteiger partial charge in [0.05, 0.1) is 0 Å². The molecule has 1 atom stereocenters. The van der Waals surface area contributed by atoms with Crippen LogP contribution in [0.4, 0.5) is 0 Å². The molecule has 0 aromatic heterocycles. The van der Waals surface area contributed by atoms with Crippen molar-refractivity contribution in [2.45, 2.75) is 33.6 Å². The second kappa shape index (κ2) is 6.86. The minimum absolute atomic E-state index is 0.391. The smallest absolute Gasteiger partial charge is 0.0411 e. The maximum absolute atomic E-state index is 5.91. The van der Waals surface area contributed by atoms with Crippen LogP contribution in [0, 0.1) is 6.92 Å². The molecule has 80 valence electrons. The molecule has 0 amide bonds. The van der Waals surface area contributed by atoms with Crippen molar-refractivity contribution in [2.24, 2.45) is 5.73 Å². The van der Waals surface area contributed by atoms with E-state index in [0.29, 0.717) is 12.5 Å². The number of hydrogen-bond donors (Lipinski definition) is 1. The van der Waals surface area contributed by atoms with Crippen LogP contribution < -0.4 is 5.73 Å². The summed E-state index contributed by atoms with van der Waals surface area (Å²) in [5, 5.41) is 0.797. The molecule has 0 fully saturated rings. The molecule has 0 heterocycles. The maximum Gasteiger partial charge on any atom is 0.0411 e. The minimum atomic E-state index is 0.391. The van der Waals surface area contributed by atoms with Gasteiger partial charge in [-0.05, 0) is 42.6 Å². The van der Waals surface area contributed by atoms with Gasteiger partial charge in [0.2, 0.25) is 0 Å². The van der Waals surface area contributed by atoms with Crippen LogP contribution in [0.25, 0.3) is 0 Å². The van der Waals surface area contributed by atoms with Crippen molar-refractivity contribution in [3.63, 3.8) is 0 Å². The van der Waals surface area contributed by atoms with Crippen LogP contribution in [-0.4, -0.2) is 6.54 Å². The van der Waals surface area contributed by atoms with E-state index >= 15 is 0 Å². The fourth-order valence-electron chi connectivity index (χ4n) is 1.19. The summed E-state index contributed by atoms with van der Waals surface area (Å²) < 4.78 is 0. The van der Waals surface area contributed by atoms with Gasteiger partial charge in [-0.15, -0.1) is 0 Å². The molecule has 0 saturated heterocycles. The summed E-state index contributed by atoms with van der Waals surface area (Å²) in [6.45, 7) is 8.81. The molecule has 2 N–H and O–H groups in total. The first-order valence-electron chi connectivity index (χ1n) is 5.10. The molecule has 0 bridgehead atoms. The normalized spacial score (nSPS) is 11.6. The highest BCUT2D eigenvalue weighted by molar-refractivity contribution is 6.30. The number of benzene rings is 1. The molecule has 1 rings (SSSR count). The van der Waals surface area contributed by atoms with E-state index in [-0.39, 0.29) is 0 Å². The minimum Gasteiger partial charge on any atom is -0.330 e. The van der Waals surface area contributed by atoms with Crippen LogP contribution in [0.3, 0.4) is 0 Å². The molecule has 0 radical (unpaired) electrons. The molecule has 0 spiro atoms. The van der Waals surface area contributed by atoms with Crippen LogP contribution in [-0.2, 0) is 0 Å². The SMILES string of the molecule is CC.Cc1cc(Cl)cc(C(C)CN)c1. The largest absolute Gasteiger partial charge is 0.330 e. The Bertz CT molecular complexity index is 251. The lowest BCUT2D eigenvalue weighted by Crippen LogP contribution is -2.08. The van der Waals surface area contributed by atoms with Crippen LogP contribution in [0.15, 0.2) is 18.2 Å². The molecule has 0 saturated carbocycles. The second-order valence-corrected chi connectivity index (χ2v) is 3.64. The molecule has 1 unspecified atom stereocenters. The maximum atomic E-state index is 5.91. The van der Waals surface area contributed by atoms with Gasteiger partial charge in [0.1, 0.15) is 0 Å². The summed E-state index contributed by atoms with van der Waals surface area (Å²) in [4.78, 5) is 0. The van der Waals surface area contributed by atoms with Crippen molar-refractivity contribution in [2.75, 3.05) is 6.54 Å². The van der Waals surface area contributed by atoms with Gasteiger partial charge >= 0.3 is 0 Å². The van der Waals surface area contributed by atoms with Crippen molar-refractivity contribution in [3.8, 4) is 0 Å². The Balaban J connectivity index is 0.000000791. The number of aryl methyl sites for hydroxylation is 1. The van der Waals surface area contributed by atoms with Crippen LogP contribution in [0.5, 0.6) is 0 Å². The Morgan fingerprint density at radius 3 is 2.29 bits per heavy atom. The van der Waals surface area contributed by atoms with Crippen molar-refractivity contribution >= 4 is 11.6 Å². The van der Waals surface area contributed by atoms with Gasteiger partial charge in [-0.25, -0.2) is 0 Å². The summed E-state index contributed by atoms with van der Waals surface area (Å²) in [5.74, 6) is 0.391. The standard InChI is InChI=1S/C10H14ClN.C2H6/c1-7-3-9(8(2)6-12)5-10(11)4-7;1-2/h3-5,8H,6,12H2,1-2H3;1-2H3. The Labute approximate surface area is 92.3 Å². The summed E-state index contributed by atoms with van der Waals surface area (Å²) in [6, 6.07) is 6.06.